The van der Waals surface area contributed by atoms with Crippen molar-refractivity contribution in [1.29, 1.82) is 5.26 Å². The zero-order valence-corrected chi connectivity index (χ0v) is 12.1. The predicted molar refractivity (Wildman–Crippen MR) is 80.5 cm³/mol. The van der Waals surface area contributed by atoms with Gasteiger partial charge in [0.1, 0.15) is 17.4 Å². The van der Waals surface area contributed by atoms with E-state index in [4.69, 9.17) is 4.98 Å². The molecule has 0 atom stereocenters. The highest BCUT2D eigenvalue weighted by molar-refractivity contribution is 5.82. The molecule has 0 bridgehead atoms. The van der Waals surface area contributed by atoms with E-state index in [1.807, 2.05) is 12.1 Å². The summed E-state index contributed by atoms with van der Waals surface area (Å²) in [4.78, 5) is 4.82. The number of para-hydroxylation sites is 1. The van der Waals surface area contributed by atoms with Gasteiger partial charge in [0.25, 0.3) is 0 Å². The van der Waals surface area contributed by atoms with Crippen molar-refractivity contribution >= 4 is 11.0 Å². The molecule has 3 rings (SSSR count). The van der Waals surface area contributed by atoms with Gasteiger partial charge in [-0.3, -0.25) is 0 Å². The fourth-order valence-electron chi connectivity index (χ4n) is 3.40. The number of benzene rings is 1. The summed E-state index contributed by atoms with van der Waals surface area (Å²) in [5.41, 5.74) is 2.64. The average Bonchev–Trinajstić information content (AvgIpc) is 2.76. The minimum Gasteiger partial charge on any atom is -0.331 e. The Balaban J connectivity index is 2.02. The summed E-state index contributed by atoms with van der Waals surface area (Å²) < 4.78 is 2.20. The van der Waals surface area contributed by atoms with Gasteiger partial charge in [-0.2, -0.15) is 5.26 Å². The van der Waals surface area contributed by atoms with Crippen molar-refractivity contribution in [3.05, 3.63) is 29.6 Å². The van der Waals surface area contributed by atoms with Gasteiger partial charge in [-0.05, 0) is 25.0 Å². The van der Waals surface area contributed by atoms with Crippen molar-refractivity contribution < 1.29 is 0 Å². The lowest BCUT2D eigenvalue weighted by Crippen LogP contribution is -2.08. The Hall–Kier alpha value is -1.82. The smallest absolute Gasteiger partial charge is 0.112 e. The van der Waals surface area contributed by atoms with E-state index in [1.54, 1.807) is 0 Å². The Kier molecular flexibility index (Phi) is 3.73. The van der Waals surface area contributed by atoms with Crippen molar-refractivity contribution in [1.82, 2.24) is 9.55 Å². The molecule has 0 radical (unpaired) electrons. The zero-order valence-electron chi connectivity index (χ0n) is 12.1. The van der Waals surface area contributed by atoms with Crippen LogP contribution < -0.4 is 0 Å². The SMILES string of the molecule is Cn1c(C2CCCCCCC2)nc2c(C#N)cccc21. The maximum Gasteiger partial charge on any atom is 0.112 e. The number of nitriles is 1. The van der Waals surface area contributed by atoms with E-state index in [1.165, 1.54) is 50.8 Å². The number of fused-ring (bicyclic) bond motifs is 1. The minimum atomic E-state index is 0.555. The highest BCUT2D eigenvalue weighted by Gasteiger charge is 2.20. The van der Waals surface area contributed by atoms with Gasteiger partial charge in [0.15, 0.2) is 0 Å². The van der Waals surface area contributed by atoms with Crippen LogP contribution >= 0.6 is 0 Å². The van der Waals surface area contributed by atoms with Crippen molar-refractivity contribution in [2.24, 2.45) is 7.05 Å². The third kappa shape index (κ3) is 2.31. The second kappa shape index (κ2) is 5.66. The second-order valence-corrected chi connectivity index (χ2v) is 5.86. The molecule has 0 unspecified atom stereocenters. The highest BCUT2D eigenvalue weighted by atomic mass is 15.1. The van der Waals surface area contributed by atoms with Crippen molar-refractivity contribution in [2.75, 3.05) is 0 Å². The Labute approximate surface area is 120 Å². The maximum absolute atomic E-state index is 9.23. The summed E-state index contributed by atoms with van der Waals surface area (Å²) in [6, 6.07) is 8.13. The molecule has 0 aliphatic heterocycles. The molecule has 1 heterocycles. The predicted octanol–water partition coefficient (Wildman–Crippen LogP) is 4.27. The Morgan fingerprint density at radius 2 is 1.85 bits per heavy atom. The molecular weight excluding hydrogens is 246 g/mol. The molecule has 0 saturated heterocycles. The van der Waals surface area contributed by atoms with Gasteiger partial charge < -0.3 is 4.57 Å². The van der Waals surface area contributed by atoms with Crippen LogP contribution in [0.15, 0.2) is 18.2 Å². The molecular formula is C17H21N3. The van der Waals surface area contributed by atoms with Crippen LogP contribution in [0.3, 0.4) is 0 Å². The van der Waals surface area contributed by atoms with Crippen LogP contribution in [0.1, 0.15) is 62.3 Å². The van der Waals surface area contributed by atoms with Crippen LogP contribution in [0.25, 0.3) is 11.0 Å². The second-order valence-electron chi connectivity index (χ2n) is 5.86. The van der Waals surface area contributed by atoms with Gasteiger partial charge in [-0.15, -0.1) is 0 Å². The average molecular weight is 267 g/mol. The fraction of sp³-hybridized carbons (Fsp3) is 0.529. The largest absolute Gasteiger partial charge is 0.331 e. The van der Waals surface area contributed by atoms with Crippen LogP contribution in [0.5, 0.6) is 0 Å². The number of nitrogens with zero attached hydrogens (tertiary/aromatic N) is 3. The van der Waals surface area contributed by atoms with Crippen molar-refractivity contribution in [2.45, 2.75) is 50.9 Å². The number of imidazole rings is 1. The molecule has 0 spiro atoms. The summed E-state index contributed by atoms with van der Waals surface area (Å²) in [5.74, 6) is 1.73. The summed E-state index contributed by atoms with van der Waals surface area (Å²) in [5, 5.41) is 9.23. The number of rotatable bonds is 1. The van der Waals surface area contributed by atoms with E-state index in [0.717, 1.165) is 11.0 Å². The third-order valence-corrected chi connectivity index (χ3v) is 4.54. The molecule has 2 aromatic rings. The minimum absolute atomic E-state index is 0.555. The van der Waals surface area contributed by atoms with E-state index in [2.05, 4.69) is 23.8 Å². The lowest BCUT2D eigenvalue weighted by Gasteiger charge is -2.19. The molecule has 104 valence electrons. The third-order valence-electron chi connectivity index (χ3n) is 4.54. The molecule has 0 N–H and O–H groups in total. The molecule has 1 saturated carbocycles. The first-order valence-electron chi connectivity index (χ1n) is 7.66. The van der Waals surface area contributed by atoms with E-state index < -0.39 is 0 Å². The van der Waals surface area contributed by atoms with Crippen LogP contribution in [0.2, 0.25) is 0 Å². The first-order chi connectivity index (χ1) is 9.81. The van der Waals surface area contributed by atoms with E-state index in [-0.39, 0.29) is 0 Å². The monoisotopic (exact) mass is 267 g/mol. The van der Waals surface area contributed by atoms with Crippen LogP contribution in [0.4, 0.5) is 0 Å². The summed E-state index contributed by atoms with van der Waals surface area (Å²) in [6.07, 6.45) is 9.16. The molecule has 1 aromatic heterocycles. The quantitative estimate of drug-likeness (QED) is 0.774. The van der Waals surface area contributed by atoms with E-state index >= 15 is 0 Å². The van der Waals surface area contributed by atoms with E-state index in [9.17, 15) is 5.26 Å². The van der Waals surface area contributed by atoms with Crippen LogP contribution in [-0.4, -0.2) is 9.55 Å². The standard InChI is InChI=1S/C17H21N3/c1-20-15-11-7-10-14(12-18)16(15)19-17(20)13-8-5-3-2-4-6-9-13/h7,10-11,13H,2-6,8-9H2,1H3. The van der Waals surface area contributed by atoms with Gasteiger partial charge in [0.05, 0.1) is 11.1 Å². The fourth-order valence-corrected chi connectivity index (χ4v) is 3.40. The molecule has 3 heteroatoms. The Morgan fingerprint density at radius 1 is 1.15 bits per heavy atom. The Morgan fingerprint density at radius 3 is 2.55 bits per heavy atom. The number of aryl methyl sites for hydroxylation is 1. The lowest BCUT2D eigenvalue weighted by molar-refractivity contribution is 0.437. The molecule has 20 heavy (non-hydrogen) atoms. The van der Waals surface area contributed by atoms with Gasteiger partial charge in [-0.1, -0.05) is 38.2 Å². The molecule has 3 nitrogen and oxygen atoms in total. The summed E-state index contributed by atoms with van der Waals surface area (Å²) in [7, 11) is 2.09. The number of hydrogen-bond donors (Lipinski definition) is 0. The first kappa shape index (κ1) is 13.2. The first-order valence-corrected chi connectivity index (χ1v) is 7.66. The molecule has 1 aliphatic rings. The summed E-state index contributed by atoms with van der Waals surface area (Å²) >= 11 is 0. The normalized spacial score (nSPS) is 17.6. The topological polar surface area (TPSA) is 41.6 Å². The zero-order chi connectivity index (χ0) is 13.9. The van der Waals surface area contributed by atoms with Gasteiger partial charge in [-0.25, -0.2) is 4.98 Å². The van der Waals surface area contributed by atoms with Gasteiger partial charge in [0.2, 0.25) is 0 Å². The highest BCUT2D eigenvalue weighted by Crippen LogP contribution is 2.32. The van der Waals surface area contributed by atoms with Gasteiger partial charge >= 0.3 is 0 Å². The van der Waals surface area contributed by atoms with Crippen LogP contribution in [-0.2, 0) is 7.05 Å². The number of aromatic nitrogens is 2. The summed E-state index contributed by atoms with van der Waals surface area (Å²) in [6.45, 7) is 0. The molecule has 1 fully saturated rings. The van der Waals surface area contributed by atoms with E-state index in [0.29, 0.717) is 11.5 Å². The molecule has 0 amide bonds. The molecule has 1 aliphatic carbocycles. The lowest BCUT2D eigenvalue weighted by atomic mass is 9.90. The van der Waals surface area contributed by atoms with Gasteiger partial charge in [0, 0.05) is 13.0 Å². The molecule has 1 aromatic carbocycles. The maximum atomic E-state index is 9.23. The van der Waals surface area contributed by atoms with Crippen LogP contribution in [0, 0.1) is 11.3 Å². The number of hydrogen-bond acceptors (Lipinski definition) is 2. The van der Waals surface area contributed by atoms with Crippen molar-refractivity contribution in [3.8, 4) is 6.07 Å². The Bertz CT molecular complexity index is 640. The van der Waals surface area contributed by atoms with Crippen molar-refractivity contribution in [3.63, 3.8) is 0 Å².